The third-order valence-electron chi connectivity index (χ3n) is 7.01. The lowest BCUT2D eigenvalue weighted by Gasteiger charge is -2.39. The van der Waals surface area contributed by atoms with E-state index in [0.717, 1.165) is 24.0 Å². The Morgan fingerprint density at radius 3 is 2.27 bits per heavy atom. The first-order chi connectivity index (χ1) is 15.9. The number of amides is 1. The van der Waals surface area contributed by atoms with Crippen molar-refractivity contribution in [2.45, 2.75) is 17.7 Å². The minimum absolute atomic E-state index is 0.101. The van der Waals surface area contributed by atoms with E-state index in [0.29, 0.717) is 43.9 Å². The fourth-order valence-corrected chi connectivity index (χ4v) is 6.50. The number of piperidine rings is 1. The fraction of sp³-hybridized carbons (Fsp3) is 0.400. The van der Waals surface area contributed by atoms with Gasteiger partial charge in [0.05, 0.1) is 4.90 Å². The summed E-state index contributed by atoms with van der Waals surface area (Å²) in [6, 6.07) is 17.5. The summed E-state index contributed by atoms with van der Waals surface area (Å²) in [4.78, 5) is 17.7. The normalized spacial score (nSPS) is 18.7. The number of hydrogen-bond donors (Lipinski definition) is 0. The highest BCUT2D eigenvalue weighted by molar-refractivity contribution is 7.89. The van der Waals surface area contributed by atoms with Crippen LogP contribution < -0.4 is 4.90 Å². The van der Waals surface area contributed by atoms with Gasteiger partial charge in [0.15, 0.2) is 0 Å². The third-order valence-corrected chi connectivity index (χ3v) is 8.90. The average Bonchev–Trinajstić information content (AvgIpc) is 3.24. The molecule has 0 unspecified atom stereocenters. The van der Waals surface area contributed by atoms with E-state index in [1.54, 1.807) is 12.1 Å². The van der Waals surface area contributed by atoms with Gasteiger partial charge in [0.25, 0.3) is 0 Å². The van der Waals surface area contributed by atoms with E-state index in [1.807, 2.05) is 53.0 Å². The Morgan fingerprint density at radius 2 is 1.58 bits per heavy atom. The molecular formula is C25H30N4O3S. The number of aromatic nitrogens is 1. The summed E-state index contributed by atoms with van der Waals surface area (Å²) in [5.41, 5.74) is 2.20. The molecule has 0 radical (unpaired) electrons. The molecular weight excluding hydrogens is 436 g/mol. The van der Waals surface area contributed by atoms with Crippen LogP contribution in [0, 0.1) is 5.92 Å². The van der Waals surface area contributed by atoms with Crippen LogP contribution in [-0.4, -0.2) is 67.4 Å². The van der Waals surface area contributed by atoms with Crippen molar-refractivity contribution in [3.63, 3.8) is 0 Å². The molecule has 0 saturated carbocycles. The number of benzene rings is 2. The van der Waals surface area contributed by atoms with Crippen LogP contribution in [0.5, 0.6) is 0 Å². The molecule has 0 bridgehead atoms. The van der Waals surface area contributed by atoms with E-state index in [9.17, 15) is 13.2 Å². The second-order valence-electron chi connectivity index (χ2n) is 8.97. The van der Waals surface area contributed by atoms with Crippen molar-refractivity contribution < 1.29 is 13.2 Å². The molecule has 8 heteroatoms. The van der Waals surface area contributed by atoms with Crippen LogP contribution >= 0.6 is 0 Å². The molecule has 7 nitrogen and oxygen atoms in total. The third kappa shape index (κ3) is 4.25. The molecule has 2 aliphatic rings. The predicted molar refractivity (Wildman–Crippen MR) is 130 cm³/mol. The molecule has 1 aromatic heterocycles. The molecule has 33 heavy (non-hydrogen) atoms. The van der Waals surface area contributed by atoms with Crippen molar-refractivity contribution in [3.8, 4) is 0 Å². The molecule has 5 rings (SSSR count). The van der Waals surface area contributed by atoms with Crippen LogP contribution in [0.3, 0.4) is 0 Å². The second-order valence-corrected chi connectivity index (χ2v) is 10.9. The van der Waals surface area contributed by atoms with Crippen LogP contribution in [-0.2, 0) is 21.9 Å². The Balaban J connectivity index is 1.18. The molecule has 2 fully saturated rings. The lowest BCUT2D eigenvalue weighted by atomic mass is 9.96. The number of carbonyl (C=O) groups excluding carboxylic acids is 1. The second kappa shape index (κ2) is 8.83. The van der Waals surface area contributed by atoms with Gasteiger partial charge in [-0.25, -0.2) is 8.42 Å². The first-order valence-electron chi connectivity index (χ1n) is 11.6. The molecule has 0 N–H and O–H groups in total. The van der Waals surface area contributed by atoms with Gasteiger partial charge in [-0.1, -0.05) is 18.2 Å². The SMILES string of the molecule is Cn1ccc2cc(S(=O)(=O)N3CCC(C(=O)N4CCN(c5ccccc5)CC4)CC3)ccc21. The fourth-order valence-electron chi connectivity index (χ4n) is 4.99. The molecule has 0 spiro atoms. The number of nitrogens with zero attached hydrogens (tertiary/aromatic N) is 4. The summed E-state index contributed by atoms with van der Waals surface area (Å²) in [5, 5.41) is 0.915. The van der Waals surface area contributed by atoms with Gasteiger partial charge in [-0.15, -0.1) is 0 Å². The predicted octanol–water partition coefficient (Wildman–Crippen LogP) is 2.93. The number of para-hydroxylation sites is 1. The smallest absolute Gasteiger partial charge is 0.243 e. The zero-order valence-corrected chi connectivity index (χ0v) is 19.7. The molecule has 3 aromatic rings. The Labute approximate surface area is 195 Å². The zero-order valence-electron chi connectivity index (χ0n) is 18.9. The maximum absolute atomic E-state index is 13.2. The molecule has 174 valence electrons. The van der Waals surface area contributed by atoms with Crippen LogP contribution in [0.2, 0.25) is 0 Å². The first kappa shape index (κ1) is 22.0. The van der Waals surface area contributed by atoms with Crippen molar-refractivity contribution >= 4 is 32.5 Å². The van der Waals surface area contributed by atoms with Crippen LogP contribution in [0.25, 0.3) is 10.9 Å². The van der Waals surface area contributed by atoms with E-state index in [2.05, 4.69) is 17.0 Å². The van der Waals surface area contributed by atoms with Gasteiger partial charge in [-0.05, 0) is 49.2 Å². The Bertz CT molecular complexity index is 1240. The van der Waals surface area contributed by atoms with Crippen molar-refractivity contribution in [2.24, 2.45) is 13.0 Å². The van der Waals surface area contributed by atoms with Gasteiger partial charge in [0.1, 0.15) is 0 Å². The van der Waals surface area contributed by atoms with Gasteiger partial charge >= 0.3 is 0 Å². The minimum atomic E-state index is -3.56. The van der Waals surface area contributed by atoms with Crippen molar-refractivity contribution in [2.75, 3.05) is 44.2 Å². The average molecular weight is 467 g/mol. The van der Waals surface area contributed by atoms with Crippen LogP contribution in [0.1, 0.15) is 12.8 Å². The number of piperazine rings is 1. The summed E-state index contributed by atoms with van der Waals surface area (Å²) < 4.78 is 29.9. The lowest BCUT2D eigenvalue weighted by Crippen LogP contribution is -2.52. The summed E-state index contributed by atoms with van der Waals surface area (Å²) in [5.74, 6) is 0.0711. The van der Waals surface area contributed by atoms with Crippen molar-refractivity contribution in [1.29, 1.82) is 0 Å². The first-order valence-corrected chi connectivity index (χ1v) is 13.0. The summed E-state index contributed by atoms with van der Waals surface area (Å²) in [7, 11) is -1.62. The van der Waals surface area contributed by atoms with Gasteiger partial charge in [-0.3, -0.25) is 4.79 Å². The quantitative estimate of drug-likeness (QED) is 0.593. The summed E-state index contributed by atoms with van der Waals surface area (Å²) in [6.45, 7) is 3.84. The summed E-state index contributed by atoms with van der Waals surface area (Å²) in [6.07, 6.45) is 3.08. The van der Waals surface area contributed by atoms with E-state index in [4.69, 9.17) is 0 Å². The lowest BCUT2D eigenvalue weighted by molar-refractivity contribution is -0.137. The molecule has 2 aromatic carbocycles. The van der Waals surface area contributed by atoms with E-state index in [1.165, 1.54) is 9.99 Å². The Hall–Kier alpha value is -2.84. The summed E-state index contributed by atoms with van der Waals surface area (Å²) >= 11 is 0. The van der Waals surface area contributed by atoms with E-state index < -0.39 is 10.0 Å². The van der Waals surface area contributed by atoms with Gasteiger partial charge < -0.3 is 14.4 Å². The highest BCUT2D eigenvalue weighted by Gasteiger charge is 2.34. The molecule has 2 saturated heterocycles. The number of sulfonamides is 1. The number of fused-ring (bicyclic) bond motifs is 1. The number of hydrogen-bond acceptors (Lipinski definition) is 4. The van der Waals surface area contributed by atoms with Crippen LogP contribution in [0.4, 0.5) is 5.69 Å². The number of carbonyl (C=O) groups is 1. The topological polar surface area (TPSA) is 65.9 Å². The largest absolute Gasteiger partial charge is 0.368 e. The maximum atomic E-state index is 13.2. The molecule has 3 heterocycles. The number of aryl methyl sites for hydroxylation is 1. The highest BCUT2D eigenvalue weighted by Crippen LogP contribution is 2.28. The van der Waals surface area contributed by atoms with E-state index in [-0.39, 0.29) is 11.8 Å². The van der Waals surface area contributed by atoms with Gasteiger partial charge in [-0.2, -0.15) is 4.31 Å². The number of anilines is 1. The van der Waals surface area contributed by atoms with Gasteiger partial charge in [0, 0.05) is 75.0 Å². The number of rotatable bonds is 4. The Morgan fingerprint density at radius 1 is 0.879 bits per heavy atom. The minimum Gasteiger partial charge on any atom is -0.368 e. The molecule has 2 aliphatic heterocycles. The van der Waals surface area contributed by atoms with Gasteiger partial charge in [0.2, 0.25) is 15.9 Å². The van der Waals surface area contributed by atoms with E-state index >= 15 is 0 Å². The molecule has 1 amide bonds. The monoisotopic (exact) mass is 466 g/mol. The maximum Gasteiger partial charge on any atom is 0.243 e. The Kier molecular flexibility index (Phi) is 5.88. The van der Waals surface area contributed by atoms with Crippen LogP contribution in [0.15, 0.2) is 65.7 Å². The standard InChI is InChI=1S/C25H30N4O3S/c1-26-12-9-21-19-23(7-8-24(21)26)33(31,32)29-13-10-20(11-14-29)25(30)28-17-15-27(16-18-28)22-5-3-2-4-6-22/h2-9,12,19-20H,10-11,13-18H2,1H3. The molecule has 0 atom stereocenters. The van der Waals surface area contributed by atoms with Crippen molar-refractivity contribution in [3.05, 3.63) is 60.8 Å². The molecule has 0 aliphatic carbocycles. The van der Waals surface area contributed by atoms with Crippen molar-refractivity contribution in [1.82, 2.24) is 13.8 Å². The highest BCUT2D eigenvalue weighted by atomic mass is 32.2. The zero-order chi connectivity index (χ0) is 23.0.